The number of benzene rings is 2. The van der Waals surface area contributed by atoms with Gasteiger partial charge in [-0.05, 0) is 74.2 Å². The van der Waals surface area contributed by atoms with Gasteiger partial charge in [0.15, 0.2) is 6.61 Å². The quantitative estimate of drug-likeness (QED) is 0.460. The molecule has 9 heteroatoms. The van der Waals surface area contributed by atoms with Gasteiger partial charge >= 0.3 is 6.16 Å². The summed E-state index contributed by atoms with van der Waals surface area (Å²) in [5.74, 6) is 0.944. The molecule has 0 saturated carbocycles. The predicted molar refractivity (Wildman–Crippen MR) is 123 cm³/mol. The van der Waals surface area contributed by atoms with E-state index in [1.807, 2.05) is 0 Å². The maximum absolute atomic E-state index is 12.4. The molecule has 0 aliphatic carbocycles. The van der Waals surface area contributed by atoms with E-state index < -0.39 is 6.16 Å². The molecule has 3 rings (SSSR count). The van der Waals surface area contributed by atoms with Crippen LogP contribution in [0.15, 0.2) is 48.5 Å². The Hall–Kier alpha value is -3.26. The van der Waals surface area contributed by atoms with Crippen LogP contribution < -0.4 is 14.8 Å². The van der Waals surface area contributed by atoms with Crippen LogP contribution >= 0.6 is 11.6 Å². The maximum atomic E-state index is 12.4. The lowest BCUT2D eigenvalue weighted by atomic mass is 9.96. The second kappa shape index (κ2) is 12.1. The van der Waals surface area contributed by atoms with Crippen molar-refractivity contribution >= 4 is 29.6 Å². The molecule has 1 aliphatic heterocycles. The van der Waals surface area contributed by atoms with Crippen LogP contribution in [0.3, 0.4) is 0 Å². The summed E-state index contributed by atoms with van der Waals surface area (Å²) in [5, 5.41) is 3.55. The minimum atomic E-state index is -0.781. The zero-order chi connectivity index (χ0) is 23.6. The summed E-state index contributed by atoms with van der Waals surface area (Å²) < 4.78 is 15.2. The molecule has 33 heavy (non-hydrogen) atoms. The van der Waals surface area contributed by atoms with Crippen molar-refractivity contribution in [3.63, 3.8) is 0 Å². The smallest absolute Gasteiger partial charge is 0.484 e. The molecule has 0 radical (unpaired) electrons. The first kappa shape index (κ1) is 24.4. The summed E-state index contributed by atoms with van der Waals surface area (Å²) in [6, 6.07) is 13.2. The molecule has 176 valence electrons. The molecule has 0 unspecified atom stereocenters. The molecule has 2 aromatic rings. The van der Waals surface area contributed by atoms with Crippen LogP contribution in [-0.2, 0) is 9.53 Å². The molecule has 0 atom stereocenters. The first-order valence-corrected chi connectivity index (χ1v) is 11.2. The van der Waals surface area contributed by atoms with Gasteiger partial charge in [-0.15, -0.1) is 0 Å². The van der Waals surface area contributed by atoms with Crippen molar-refractivity contribution in [2.75, 3.05) is 32.8 Å². The van der Waals surface area contributed by atoms with Crippen molar-refractivity contribution in [1.29, 1.82) is 0 Å². The fraction of sp³-hybridized carbons (Fsp3) is 0.375. The Balaban J connectivity index is 1.36. The van der Waals surface area contributed by atoms with Crippen molar-refractivity contribution in [3.05, 3.63) is 59.1 Å². The van der Waals surface area contributed by atoms with Gasteiger partial charge in [0, 0.05) is 30.2 Å². The maximum Gasteiger partial charge on any atom is 0.513 e. The zero-order valence-electron chi connectivity index (χ0n) is 18.4. The number of carbonyl (C=O) groups is 3. The largest absolute Gasteiger partial charge is 0.513 e. The number of nitrogens with zero attached hydrogens (tertiary/aromatic N) is 1. The number of rotatable bonds is 8. The van der Waals surface area contributed by atoms with E-state index in [0.717, 1.165) is 12.8 Å². The third-order valence-electron chi connectivity index (χ3n) is 5.27. The molecule has 0 aromatic heterocycles. The van der Waals surface area contributed by atoms with Gasteiger partial charge in [0.1, 0.15) is 11.5 Å². The van der Waals surface area contributed by atoms with E-state index in [4.69, 9.17) is 25.8 Å². The van der Waals surface area contributed by atoms with Crippen molar-refractivity contribution < 1.29 is 28.6 Å². The SMILES string of the molecule is CCOC(=O)Oc1ccc(C(=O)NCC2CCN(C(=O)COc3ccc(Cl)cc3)CC2)cc1. The minimum absolute atomic E-state index is 0.0150. The number of carbonyl (C=O) groups excluding carboxylic acids is 3. The first-order valence-electron chi connectivity index (χ1n) is 10.8. The molecule has 1 aliphatic rings. The average molecular weight is 475 g/mol. The van der Waals surface area contributed by atoms with E-state index in [-0.39, 0.29) is 25.0 Å². The van der Waals surface area contributed by atoms with Crippen LogP contribution in [0.4, 0.5) is 4.79 Å². The monoisotopic (exact) mass is 474 g/mol. The number of likely N-dealkylation sites (tertiary alicyclic amines) is 1. The van der Waals surface area contributed by atoms with Crippen molar-refractivity contribution in [3.8, 4) is 11.5 Å². The van der Waals surface area contributed by atoms with Gasteiger partial charge in [0.2, 0.25) is 0 Å². The number of amides is 2. The fourth-order valence-electron chi connectivity index (χ4n) is 3.41. The number of piperidine rings is 1. The summed E-state index contributed by atoms with van der Waals surface area (Å²) in [6.45, 7) is 3.69. The van der Waals surface area contributed by atoms with E-state index in [0.29, 0.717) is 47.6 Å². The first-order chi connectivity index (χ1) is 15.9. The normalized spacial score (nSPS) is 13.8. The Morgan fingerprint density at radius 1 is 1.00 bits per heavy atom. The number of hydrogen-bond acceptors (Lipinski definition) is 6. The molecule has 2 amide bonds. The number of ether oxygens (including phenoxy) is 3. The van der Waals surface area contributed by atoms with Crippen molar-refractivity contribution in [2.24, 2.45) is 5.92 Å². The molecule has 0 spiro atoms. The van der Waals surface area contributed by atoms with Crippen LogP contribution in [0.1, 0.15) is 30.1 Å². The molecule has 1 N–H and O–H groups in total. The average Bonchev–Trinajstić information content (AvgIpc) is 2.83. The summed E-state index contributed by atoms with van der Waals surface area (Å²) in [7, 11) is 0. The molecular weight excluding hydrogens is 448 g/mol. The Morgan fingerprint density at radius 2 is 1.64 bits per heavy atom. The lowest BCUT2D eigenvalue weighted by molar-refractivity contribution is -0.134. The van der Waals surface area contributed by atoms with Crippen LogP contribution in [-0.4, -0.2) is 55.7 Å². The number of nitrogens with one attached hydrogen (secondary N) is 1. The highest BCUT2D eigenvalue weighted by molar-refractivity contribution is 6.30. The summed E-state index contributed by atoms with van der Waals surface area (Å²) in [5.41, 5.74) is 0.471. The molecule has 1 heterocycles. The summed E-state index contributed by atoms with van der Waals surface area (Å²) >= 11 is 5.84. The van der Waals surface area contributed by atoms with Crippen LogP contribution in [0.5, 0.6) is 11.5 Å². The van der Waals surface area contributed by atoms with Gasteiger partial charge in [0.05, 0.1) is 6.61 Å². The van der Waals surface area contributed by atoms with Crippen LogP contribution in [0, 0.1) is 5.92 Å². The highest BCUT2D eigenvalue weighted by Gasteiger charge is 2.23. The second-order valence-electron chi connectivity index (χ2n) is 7.59. The standard InChI is InChI=1S/C24H27ClN2O6/c1-2-31-24(30)33-21-7-3-18(4-8-21)23(29)26-15-17-11-13-27(14-12-17)22(28)16-32-20-9-5-19(25)6-10-20/h3-10,17H,2,11-16H2,1H3,(H,26,29). The Kier molecular flexibility index (Phi) is 8.95. The number of halogens is 1. The van der Waals surface area contributed by atoms with E-state index in [1.54, 1.807) is 60.4 Å². The number of hydrogen-bond donors (Lipinski definition) is 1. The van der Waals surface area contributed by atoms with Gasteiger partial charge in [0.25, 0.3) is 11.8 Å². The topological polar surface area (TPSA) is 94.2 Å². The molecule has 8 nitrogen and oxygen atoms in total. The summed E-state index contributed by atoms with van der Waals surface area (Å²) in [6.07, 6.45) is 0.828. The van der Waals surface area contributed by atoms with E-state index >= 15 is 0 Å². The highest BCUT2D eigenvalue weighted by atomic mass is 35.5. The highest BCUT2D eigenvalue weighted by Crippen LogP contribution is 2.19. The van der Waals surface area contributed by atoms with Crippen LogP contribution in [0.25, 0.3) is 0 Å². The van der Waals surface area contributed by atoms with Crippen LogP contribution in [0.2, 0.25) is 5.02 Å². The lowest BCUT2D eigenvalue weighted by Crippen LogP contribution is -2.43. The van der Waals surface area contributed by atoms with Gasteiger partial charge < -0.3 is 24.4 Å². The fourth-order valence-corrected chi connectivity index (χ4v) is 3.54. The second-order valence-corrected chi connectivity index (χ2v) is 8.02. The molecular formula is C24H27ClN2O6. The van der Waals surface area contributed by atoms with Gasteiger partial charge in [-0.2, -0.15) is 0 Å². The third-order valence-corrected chi connectivity index (χ3v) is 5.53. The lowest BCUT2D eigenvalue weighted by Gasteiger charge is -2.32. The Bertz CT molecular complexity index is 940. The Morgan fingerprint density at radius 3 is 2.27 bits per heavy atom. The van der Waals surface area contributed by atoms with E-state index in [9.17, 15) is 14.4 Å². The van der Waals surface area contributed by atoms with E-state index in [2.05, 4.69) is 5.32 Å². The zero-order valence-corrected chi connectivity index (χ0v) is 19.2. The summed E-state index contributed by atoms with van der Waals surface area (Å²) in [4.78, 5) is 37.9. The molecule has 1 fully saturated rings. The van der Waals surface area contributed by atoms with Crippen molar-refractivity contribution in [1.82, 2.24) is 10.2 Å². The van der Waals surface area contributed by atoms with Gasteiger partial charge in [-0.3, -0.25) is 9.59 Å². The third kappa shape index (κ3) is 7.68. The predicted octanol–water partition coefficient (Wildman–Crippen LogP) is 3.92. The van der Waals surface area contributed by atoms with Crippen molar-refractivity contribution in [2.45, 2.75) is 19.8 Å². The molecule has 2 aromatic carbocycles. The van der Waals surface area contributed by atoms with Gasteiger partial charge in [-0.25, -0.2) is 4.79 Å². The minimum Gasteiger partial charge on any atom is -0.484 e. The Labute approximate surface area is 197 Å². The molecule has 1 saturated heterocycles. The van der Waals surface area contributed by atoms with E-state index in [1.165, 1.54) is 0 Å². The molecule has 0 bridgehead atoms. The van der Waals surface area contributed by atoms with Gasteiger partial charge in [-0.1, -0.05) is 11.6 Å².